The molecule has 3 unspecified atom stereocenters. The number of anilines is 1. The zero-order valence-corrected chi connectivity index (χ0v) is 13.9. The number of fused-ring (bicyclic) bond motifs is 1. The van der Waals surface area contributed by atoms with Crippen molar-refractivity contribution in [1.29, 1.82) is 0 Å². The van der Waals surface area contributed by atoms with Crippen molar-refractivity contribution in [2.45, 2.75) is 51.1 Å². The minimum Gasteiger partial charge on any atom is -0.373 e. The third-order valence-electron chi connectivity index (χ3n) is 5.70. The number of aryl methyl sites for hydroxylation is 1. The highest BCUT2D eigenvalue weighted by Crippen LogP contribution is 2.38. The molecule has 2 fully saturated rings. The van der Waals surface area contributed by atoms with Gasteiger partial charge in [0.1, 0.15) is 6.04 Å². The molecule has 1 amide bonds. The van der Waals surface area contributed by atoms with E-state index in [1.54, 1.807) is 0 Å². The van der Waals surface area contributed by atoms with Crippen molar-refractivity contribution in [3.05, 3.63) is 29.3 Å². The molecule has 4 nitrogen and oxygen atoms in total. The summed E-state index contributed by atoms with van der Waals surface area (Å²) in [6, 6.07) is 6.57. The van der Waals surface area contributed by atoms with Gasteiger partial charge in [-0.15, -0.1) is 0 Å². The molecule has 0 aromatic heterocycles. The normalized spacial score (nSPS) is 27.9. The van der Waals surface area contributed by atoms with Gasteiger partial charge < -0.3 is 16.0 Å². The second-order valence-electron chi connectivity index (χ2n) is 7.49. The van der Waals surface area contributed by atoms with Crippen LogP contribution in [0, 0.1) is 18.8 Å². The second-order valence-corrected chi connectivity index (χ2v) is 7.49. The van der Waals surface area contributed by atoms with E-state index in [-0.39, 0.29) is 11.9 Å². The maximum Gasteiger partial charge on any atom is 0.243 e. The zero-order valence-electron chi connectivity index (χ0n) is 13.9. The van der Waals surface area contributed by atoms with E-state index in [1.165, 1.54) is 36.8 Å². The molecule has 0 bridgehead atoms. The summed E-state index contributed by atoms with van der Waals surface area (Å²) >= 11 is 0. The average molecular weight is 313 g/mol. The Morgan fingerprint density at radius 3 is 2.83 bits per heavy atom. The van der Waals surface area contributed by atoms with Crippen molar-refractivity contribution >= 4 is 11.6 Å². The Labute approximate surface area is 138 Å². The van der Waals surface area contributed by atoms with Gasteiger partial charge in [-0.3, -0.25) is 4.79 Å². The molecule has 4 rings (SSSR count). The van der Waals surface area contributed by atoms with Crippen LogP contribution in [0.15, 0.2) is 18.2 Å². The van der Waals surface area contributed by atoms with E-state index < -0.39 is 0 Å². The van der Waals surface area contributed by atoms with Crippen LogP contribution in [0.1, 0.15) is 36.8 Å². The van der Waals surface area contributed by atoms with Gasteiger partial charge in [-0.1, -0.05) is 18.2 Å². The molecule has 2 heterocycles. The van der Waals surface area contributed by atoms with Crippen LogP contribution in [0.3, 0.4) is 0 Å². The van der Waals surface area contributed by atoms with E-state index in [0.29, 0.717) is 17.9 Å². The molecule has 1 aromatic carbocycles. The van der Waals surface area contributed by atoms with Crippen LogP contribution < -0.4 is 16.0 Å². The molecule has 3 atom stereocenters. The summed E-state index contributed by atoms with van der Waals surface area (Å²) in [6.07, 6.45) is 5.84. The first-order valence-electron chi connectivity index (χ1n) is 9.08. The number of piperidine rings is 1. The molecule has 23 heavy (non-hydrogen) atoms. The smallest absolute Gasteiger partial charge is 0.243 e. The largest absolute Gasteiger partial charge is 0.373 e. The average Bonchev–Trinajstić information content (AvgIpc) is 3.31. The Morgan fingerprint density at radius 1 is 1.26 bits per heavy atom. The zero-order chi connectivity index (χ0) is 15.8. The minimum absolute atomic E-state index is 0.108. The third kappa shape index (κ3) is 3.09. The number of amides is 1. The van der Waals surface area contributed by atoms with Crippen molar-refractivity contribution < 1.29 is 4.79 Å². The molecule has 1 aliphatic carbocycles. The molecule has 0 radical (unpaired) electrons. The molecule has 3 N–H and O–H groups in total. The predicted octanol–water partition coefficient (Wildman–Crippen LogP) is 2.23. The highest BCUT2D eigenvalue weighted by molar-refractivity contribution is 5.88. The van der Waals surface area contributed by atoms with E-state index in [2.05, 4.69) is 41.1 Å². The number of carbonyl (C=O) groups is 1. The summed E-state index contributed by atoms with van der Waals surface area (Å²) < 4.78 is 0. The first kappa shape index (κ1) is 15.0. The summed E-state index contributed by atoms with van der Waals surface area (Å²) in [6.45, 7) is 4.28. The molecule has 3 aliphatic rings. The summed E-state index contributed by atoms with van der Waals surface area (Å²) in [5.74, 6) is 1.49. The van der Waals surface area contributed by atoms with Crippen LogP contribution in [0.5, 0.6) is 0 Å². The van der Waals surface area contributed by atoms with Crippen LogP contribution >= 0.6 is 0 Å². The van der Waals surface area contributed by atoms with E-state index >= 15 is 0 Å². The maximum atomic E-state index is 12.8. The molecule has 124 valence electrons. The minimum atomic E-state index is -0.108. The fraction of sp³-hybridized carbons (Fsp3) is 0.632. The molecule has 1 aromatic rings. The van der Waals surface area contributed by atoms with Gasteiger partial charge in [0.2, 0.25) is 5.91 Å². The third-order valence-corrected chi connectivity index (χ3v) is 5.70. The van der Waals surface area contributed by atoms with Gasteiger partial charge in [-0.25, -0.2) is 0 Å². The molecule has 2 aliphatic heterocycles. The summed E-state index contributed by atoms with van der Waals surface area (Å²) in [4.78, 5) is 12.8. The highest BCUT2D eigenvalue weighted by atomic mass is 16.2. The lowest BCUT2D eigenvalue weighted by Gasteiger charge is -2.32. The molecule has 4 heteroatoms. The van der Waals surface area contributed by atoms with Gasteiger partial charge in [0.05, 0.1) is 0 Å². The number of para-hydroxylation sites is 1. The Morgan fingerprint density at radius 2 is 2.13 bits per heavy atom. The van der Waals surface area contributed by atoms with Crippen LogP contribution in [0.25, 0.3) is 0 Å². The van der Waals surface area contributed by atoms with Gasteiger partial charge >= 0.3 is 0 Å². The number of carbonyl (C=O) groups excluding carboxylic acids is 1. The fourth-order valence-corrected chi connectivity index (χ4v) is 4.23. The summed E-state index contributed by atoms with van der Waals surface area (Å²) in [5, 5.41) is 10.3. The van der Waals surface area contributed by atoms with Gasteiger partial charge in [0.15, 0.2) is 0 Å². The van der Waals surface area contributed by atoms with Crippen molar-refractivity contribution in [1.82, 2.24) is 10.6 Å². The van der Waals surface area contributed by atoms with Crippen LogP contribution in [0.2, 0.25) is 0 Å². The lowest BCUT2D eigenvalue weighted by molar-refractivity contribution is -0.123. The first-order chi connectivity index (χ1) is 11.2. The molecule has 0 spiro atoms. The molecular weight excluding hydrogens is 286 g/mol. The highest BCUT2D eigenvalue weighted by Gasteiger charge is 2.39. The number of benzene rings is 1. The number of hydrogen-bond acceptors (Lipinski definition) is 3. The topological polar surface area (TPSA) is 53.2 Å². The number of nitrogens with one attached hydrogen (secondary N) is 3. The quantitative estimate of drug-likeness (QED) is 0.799. The second kappa shape index (κ2) is 6.16. The monoisotopic (exact) mass is 313 g/mol. The molecular formula is C19H27N3O. The van der Waals surface area contributed by atoms with Crippen LogP contribution in [-0.2, 0) is 11.2 Å². The summed E-state index contributed by atoms with van der Waals surface area (Å²) in [5.41, 5.74) is 3.66. The van der Waals surface area contributed by atoms with Gasteiger partial charge in [-0.05, 0) is 68.7 Å². The Kier molecular flexibility index (Phi) is 4.02. The fourth-order valence-electron chi connectivity index (χ4n) is 4.23. The van der Waals surface area contributed by atoms with Crippen molar-refractivity contribution in [3.8, 4) is 0 Å². The van der Waals surface area contributed by atoms with Crippen LogP contribution in [-0.4, -0.2) is 31.1 Å². The van der Waals surface area contributed by atoms with Crippen molar-refractivity contribution in [2.75, 3.05) is 18.4 Å². The standard InChI is InChI=1S/C19H27N3O/c1-12-4-2-5-14-10-16(21-17(12)14)19(23)22-18(13-7-8-13)15-6-3-9-20-11-15/h2,4-5,13,15-16,18,20-21H,3,6-11H2,1H3,(H,22,23). The lowest BCUT2D eigenvalue weighted by Crippen LogP contribution is -2.51. The van der Waals surface area contributed by atoms with E-state index in [9.17, 15) is 4.79 Å². The SMILES string of the molecule is Cc1cccc2c1NC(C(=O)NC(C1CC1)C1CCCNC1)C2. The molecule has 1 saturated carbocycles. The van der Waals surface area contributed by atoms with E-state index in [0.717, 1.165) is 25.2 Å². The van der Waals surface area contributed by atoms with Crippen LogP contribution in [0.4, 0.5) is 5.69 Å². The lowest BCUT2D eigenvalue weighted by atomic mass is 9.88. The Hall–Kier alpha value is -1.55. The van der Waals surface area contributed by atoms with Gasteiger partial charge in [0, 0.05) is 18.2 Å². The molecule has 1 saturated heterocycles. The number of hydrogen-bond donors (Lipinski definition) is 3. The summed E-state index contributed by atoms with van der Waals surface area (Å²) in [7, 11) is 0. The van der Waals surface area contributed by atoms with Gasteiger partial charge in [-0.2, -0.15) is 0 Å². The maximum absolute atomic E-state index is 12.8. The van der Waals surface area contributed by atoms with Crippen molar-refractivity contribution in [2.24, 2.45) is 11.8 Å². The van der Waals surface area contributed by atoms with E-state index in [4.69, 9.17) is 0 Å². The Balaban J connectivity index is 1.42. The Bertz CT molecular complexity index is 590. The predicted molar refractivity (Wildman–Crippen MR) is 92.5 cm³/mol. The number of rotatable bonds is 4. The first-order valence-corrected chi connectivity index (χ1v) is 9.08. The van der Waals surface area contributed by atoms with Gasteiger partial charge in [0.25, 0.3) is 0 Å². The van der Waals surface area contributed by atoms with Crippen molar-refractivity contribution in [3.63, 3.8) is 0 Å². The van der Waals surface area contributed by atoms with E-state index in [1.807, 2.05) is 0 Å².